The minimum Gasteiger partial charge on any atom is -0.444 e. The molecule has 0 saturated heterocycles. The Kier molecular flexibility index (Phi) is 28.4. The van der Waals surface area contributed by atoms with Gasteiger partial charge in [-0.05, 0) is 188 Å². The molecule has 0 saturated carbocycles. The van der Waals surface area contributed by atoms with Crippen molar-refractivity contribution < 1.29 is 57.5 Å². The highest BCUT2D eigenvalue weighted by Crippen LogP contribution is 2.43. The van der Waals surface area contributed by atoms with E-state index in [0.29, 0.717) is 121 Å². The molecule has 2 amide bonds. The van der Waals surface area contributed by atoms with Gasteiger partial charge in [0.25, 0.3) is 0 Å². The van der Waals surface area contributed by atoms with E-state index in [1.54, 1.807) is 193 Å². The first-order valence-corrected chi connectivity index (χ1v) is 43.9. The van der Waals surface area contributed by atoms with Crippen molar-refractivity contribution in [3.63, 3.8) is 0 Å². The van der Waals surface area contributed by atoms with Crippen molar-refractivity contribution in [2.45, 2.75) is 72.0 Å². The summed E-state index contributed by atoms with van der Waals surface area (Å²) >= 11 is 24.4. The third kappa shape index (κ3) is 25.5. The first kappa shape index (κ1) is 84.5. The fraction of sp³-hybridized carbons (Fsp3) is 0.203. The minimum atomic E-state index is -3.40. The summed E-state index contributed by atoms with van der Waals surface area (Å²) in [5.74, 6) is -1.22. The zero-order chi connectivity index (χ0) is 78.7. The van der Waals surface area contributed by atoms with Gasteiger partial charge in [-0.15, -0.1) is 0 Å². The van der Waals surface area contributed by atoms with Gasteiger partial charge in [0.2, 0.25) is 29.1 Å². The lowest BCUT2D eigenvalue weighted by Gasteiger charge is -2.18. The topological polar surface area (TPSA) is 294 Å². The van der Waals surface area contributed by atoms with Gasteiger partial charge in [0.15, 0.2) is 15.4 Å². The van der Waals surface area contributed by atoms with Crippen LogP contribution in [-0.4, -0.2) is 87.3 Å². The van der Waals surface area contributed by atoms with Crippen LogP contribution in [-0.2, 0) is 57.8 Å². The van der Waals surface area contributed by atoms with Crippen LogP contribution in [0.25, 0.3) is 64.0 Å². The molecular weight excluding hydrogens is 1690 g/mol. The van der Waals surface area contributed by atoms with E-state index in [2.05, 4.69) is 68.3 Å². The van der Waals surface area contributed by atoms with Gasteiger partial charge in [0, 0.05) is 78.8 Å². The Morgan fingerprint density at radius 2 is 0.757 bits per heavy atom. The Morgan fingerprint density at radius 3 is 1.05 bits per heavy atom. The van der Waals surface area contributed by atoms with Gasteiger partial charge in [0.1, 0.15) is 28.7 Å². The van der Waals surface area contributed by atoms with Crippen LogP contribution in [0.1, 0.15) is 74.9 Å². The highest BCUT2D eigenvalue weighted by molar-refractivity contribution is 14.1. The molecule has 0 unspecified atom stereocenters. The predicted molar refractivity (Wildman–Crippen MR) is 444 cm³/mol. The number of benzene rings is 9. The zero-order valence-electron chi connectivity index (χ0n) is 58.8. The maximum atomic E-state index is 16.0. The molecule has 19 nitrogen and oxygen atoms in total. The van der Waals surface area contributed by atoms with Gasteiger partial charge in [-0.3, -0.25) is 20.1 Å². The van der Waals surface area contributed by atoms with E-state index in [1.165, 1.54) is 34.0 Å². The highest BCUT2D eigenvalue weighted by atomic mass is 127. The molecule has 0 aliphatic heterocycles. The van der Waals surface area contributed by atoms with E-state index in [4.69, 9.17) is 55.7 Å². The van der Waals surface area contributed by atoms with Crippen molar-refractivity contribution in [1.82, 2.24) is 15.0 Å². The van der Waals surface area contributed by atoms with E-state index >= 15 is 13.2 Å². The van der Waals surface area contributed by atoms with Crippen molar-refractivity contribution in [1.29, 1.82) is 0 Å². The summed E-state index contributed by atoms with van der Waals surface area (Å²) < 4.78 is 130. The molecule has 0 bridgehead atoms. The molecule has 0 atom stereocenters. The second-order valence-electron chi connectivity index (χ2n) is 25.7. The number of carbonyl (C=O) groups is 2. The number of hydrogen-bond acceptors (Lipinski definition) is 18. The number of sulfonamides is 2. The normalized spacial score (nSPS) is 11.6. The third-order valence-electron chi connectivity index (χ3n) is 14.3. The molecule has 564 valence electrons. The summed E-state index contributed by atoms with van der Waals surface area (Å²) in [6.45, 7) is 10.6. The summed E-state index contributed by atoms with van der Waals surface area (Å²) in [5.41, 5.74) is 20.0. The lowest BCUT2D eigenvalue weighted by Crippen LogP contribution is -2.27. The van der Waals surface area contributed by atoms with E-state index in [-0.39, 0.29) is 28.8 Å². The molecule has 0 aliphatic rings. The van der Waals surface area contributed by atoms with Crippen molar-refractivity contribution in [3.8, 4) is 33.4 Å². The number of carbonyl (C=O) groups excluding carboxylic acids is 2. The SMILES string of the molecule is CC(C)(C)OC(=O)Nc1nc2c(-c3cccc(Cl)c3)c(F)c(Cc3ccc(N)cc3)cc2s1.CC(C)(C)OC(=O)Nc1nc2c(-c3cccc(Cl)c3)c(F)c(Cc3ccc(NS(C)(=O)=O)cc3)cc2s1.CI.CS(=O)(=O)Cl.CS(=O)(=O)Nc1ccc(Cc2cc3sc(N)nc3c(-c3cccc(Cl)c3)c2F)cc1. The van der Waals surface area contributed by atoms with Gasteiger partial charge in [0.05, 0.1) is 49.4 Å². The third-order valence-corrected chi connectivity index (χ3v) is 18.9. The maximum Gasteiger partial charge on any atom is 0.413 e. The number of nitrogens with two attached hydrogens (primary N) is 2. The smallest absolute Gasteiger partial charge is 0.413 e. The number of hydrogen-bond donors (Lipinski definition) is 6. The van der Waals surface area contributed by atoms with Crippen LogP contribution in [0.4, 0.5) is 55.2 Å². The Labute approximate surface area is 663 Å². The number of rotatable bonds is 15. The van der Waals surface area contributed by atoms with Crippen LogP contribution in [0.15, 0.2) is 164 Å². The number of nitrogens with one attached hydrogen (secondary N) is 4. The molecule has 0 spiro atoms. The number of nitrogens with zero attached hydrogens (tertiary/aromatic N) is 3. The Bertz CT molecular complexity index is 5590. The van der Waals surface area contributed by atoms with Crippen molar-refractivity contribution in [2.24, 2.45) is 0 Å². The van der Waals surface area contributed by atoms with Gasteiger partial charge < -0.3 is 20.9 Å². The summed E-state index contributed by atoms with van der Waals surface area (Å²) in [5, 5.41) is 7.70. The molecule has 12 rings (SSSR count). The molecule has 12 aromatic rings. The molecule has 8 N–H and O–H groups in total. The molecule has 33 heteroatoms. The Hall–Kier alpha value is -8.08. The van der Waals surface area contributed by atoms with Crippen LogP contribution >= 0.6 is 102 Å². The van der Waals surface area contributed by atoms with Crippen molar-refractivity contribution >= 4 is 206 Å². The number of halogens is 8. The molecule has 9 aromatic carbocycles. The molecule has 0 fully saturated rings. The second-order valence-corrected chi connectivity index (χ2v) is 36.7. The molecule has 3 aromatic heterocycles. The first-order chi connectivity index (χ1) is 50.0. The first-order valence-electron chi connectivity index (χ1n) is 31.7. The summed E-state index contributed by atoms with van der Waals surface area (Å²) in [6.07, 6.45) is 2.77. The Morgan fingerprint density at radius 1 is 0.467 bits per heavy atom. The Balaban J connectivity index is 0.000000194. The van der Waals surface area contributed by atoms with E-state index in [0.717, 1.165) is 44.9 Å². The van der Waals surface area contributed by atoms with Gasteiger partial charge in [-0.25, -0.2) is 63.0 Å². The maximum absolute atomic E-state index is 16.0. The standard InChI is InChI=1S/C26H25ClFN3O4S2.C25H23ClFN3O2S.C21H17ClFN3O2S2.CH3ClO2S.CH3I/c1-26(2,3)35-25(32)30-24-29-23-20(36-24)14-17(22(28)21(23)16-6-5-7-18(27)13-16)12-15-8-10-19(11-9-15)31-37(4,33)34;1-25(2,3)32-24(31)30-23-29-22-19(33-23)13-16(11-14-7-9-18(28)10-8-14)21(27)20(22)15-5-4-6-17(26)12-15;1-30(27,28)26-16-7-5-12(6-8-16)9-14-11-17-20(25-21(24)29-17)18(19(14)23)13-3-2-4-15(22)10-13;1-5(2,3)4;1-2/h5-11,13-14,31H,12H2,1-4H3,(H,29,30,32);4-10,12-13H,11,28H2,1-3H3,(H,29,30,31);2-8,10-11,26H,9H2,1H3,(H2,24,25);1H3;1H3. The highest BCUT2D eigenvalue weighted by Gasteiger charge is 2.26. The number of thiazole rings is 3. The van der Waals surface area contributed by atoms with Crippen molar-refractivity contribution in [3.05, 3.63) is 230 Å². The number of amides is 2. The summed E-state index contributed by atoms with van der Waals surface area (Å²) in [7, 11) is -5.45. The van der Waals surface area contributed by atoms with Gasteiger partial charge in [-0.2, -0.15) is 0 Å². The molecule has 107 heavy (non-hydrogen) atoms. The van der Waals surface area contributed by atoms with E-state index in [9.17, 15) is 34.8 Å². The number of fused-ring (bicyclic) bond motifs is 3. The average molecular weight is 1760 g/mol. The number of nitrogen functional groups attached to an aromatic ring is 2. The fourth-order valence-electron chi connectivity index (χ4n) is 10.4. The monoisotopic (exact) mass is 1760 g/mol. The molecule has 0 aliphatic carbocycles. The van der Waals surface area contributed by atoms with Crippen LogP contribution in [0.3, 0.4) is 0 Å². The minimum absolute atomic E-state index is 0.251. The number of alkyl halides is 1. The second kappa shape index (κ2) is 36.0. The fourth-order valence-corrected chi connectivity index (χ4v) is 14.8. The van der Waals surface area contributed by atoms with Crippen LogP contribution in [0.2, 0.25) is 15.1 Å². The lowest BCUT2D eigenvalue weighted by molar-refractivity contribution is 0.0624. The number of aromatic nitrogens is 3. The summed E-state index contributed by atoms with van der Waals surface area (Å²) in [4.78, 5) is 39.8. The van der Waals surface area contributed by atoms with E-state index in [1.807, 2.05) is 17.1 Å². The molecular formula is C74H71Cl4F3IN9O10S6. The quantitative estimate of drug-likeness (QED) is 0.0241. The van der Waals surface area contributed by atoms with Gasteiger partial charge >= 0.3 is 12.2 Å². The molecule has 0 radical (unpaired) electrons. The predicted octanol–water partition coefficient (Wildman–Crippen LogP) is 20.9. The number of anilines is 6. The van der Waals surface area contributed by atoms with Crippen LogP contribution in [0, 0.1) is 17.5 Å². The van der Waals surface area contributed by atoms with Crippen LogP contribution < -0.4 is 31.5 Å². The zero-order valence-corrected chi connectivity index (χ0v) is 68.8. The van der Waals surface area contributed by atoms with Crippen molar-refractivity contribution in [2.75, 3.05) is 55.2 Å². The average Bonchev–Trinajstić information content (AvgIpc) is 1.69. The van der Waals surface area contributed by atoms with Crippen LogP contribution in [0.5, 0.6) is 0 Å². The van der Waals surface area contributed by atoms with Gasteiger partial charge in [-0.1, -0.05) is 164 Å². The van der Waals surface area contributed by atoms with E-state index < -0.39 is 58.3 Å². The lowest BCUT2D eigenvalue weighted by atomic mass is 9.97. The molecule has 3 heterocycles. The number of ether oxygens (including phenoxy) is 2. The summed E-state index contributed by atoms with van der Waals surface area (Å²) in [6, 6.07) is 46.9. The largest absolute Gasteiger partial charge is 0.444 e.